The Morgan fingerprint density at radius 2 is 1.22 bits per heavy atom. The van der Waals surface area contributed by atoms with Crippen molar-refractivity contribution in [2.24, 2.45) is 0 Å². The molecule has 0 saturated carbocycles. The van der Waals surface area contributed by atoms with Crippen molar-refractivity contribution in [2.45, 2.75) is 0 Å². The number of esters is 2. The molecular formula is C12H12F2O4. The maximum Gasteiger partial charge on any atom is 0.417 e. The molecule has 0 bridgehead atoms. The molecule has 0 saturated heterocycles. The molecule has 0 heterocycles. The second-order valence-electron chi connectivity index (χ2n) is 2.85. The summed E-state index contributed by atoms with van der Waals surface area (Å²) in [6, 6.07) is 0. The molecule has 0 unspecified atom stereocenters. The highest BCUT2D eigenvalue weighted by Gasteiger charge is 2.18. The number of hydrogen-bond acceptors (Lipinski definition) is 4. The summed E-state index contributed by atoms with van der Waals surface area (Å²) in [5.41, 5.74) is 0. The van der Waals surface area contributed by atoms with Crippen LogP contribution < -0.4 is 0 Å². The topological polar surface area (TPSA) is 52.6 Å². The second kappa shape index (κ2) is 8.86. The molecule has 0 aliphatic carbocycles. The highest BCUT2D eigenvalue weighted by atomic mass is 19.1. The van der Waals surface area contributed by atoms with E-state index in [4.69, 9.17) is 0 Å². The van der Waals surface area contributed by atoms with Crippen molar-refractivity contribution < 1.29 is 27.8 Å². The summed E-state index contributed by atoms with van der Waals surface area (Å²) in [6.45, 7) is 5.01. The van der Waals surface area contributed by atoms with E-state index in [2.05, 4.69) is 22.6 Å². The van der Waals surface area contributed by atoms with Crippen LogP contribution in [0.25, 0.3) is 0 Å². The first-order valence-corrected chi connectivity index (χ1v) is 4.79. The SMILES string of the molecule is C=C/C=C(\F)COC(=O)C(=O)OC/C(F)=C/C=C. The fraction of sp³-hybridized carbons (Fsp3) is 0.167. The first kappa shape index (κ1) is 15.8. The minimum Gasteiger partial charge on any atom is -0.450 e. The van der Waals surface area contributed by atoms with Crippen molar-refractivity contribution in [3.63, 3.8) is 0 Å². The lowest BCUT2D eigenvalue weighted by Crippen LogP contribution is -2.21. The first-order valence-electron chi connectivity index (χ1n) is 4.79. The molecular weight excluding hydrogens is 246 g/mol. The first-order chi connectivity index (χ1) is 8.51. The number of allylic oxidation sites excluding steroid dienone is 4. The fourth-order valence-electron chi connectivity index (χ4n) is 0.739. The summed E-state index contributed by atoms with van der Waals surface area (Å²) in [7, 11) is 0. The van der Waals surface area contributed by atoms with Gasteiger partial charge < -0.3 is 9.47 Å². The van der Waals surface area contributed by atoms with Crippen molar-refractivity contribution in [3.8, 4) is 0 Å². The Morgan fingerprint density at radius 3 is 1.50 bits per heavy atom. The Bertz CT molecular complexity index is 359. The van der Waals surface area contributed by atoms with Crippen molar-refractivity contribution in [3.05, 3.63) is 49.1 Å². The normalized spacial score (nSPS) is 11.7. The standard InChI is InChI=1S/C12H12F2O4/c1-3-5-9(13)7-17-11(15)12(16)18-8-10(14)6-4-2/h3-6H,1-2,7-8H2/b9-5-,10-6-. The highest BCUT2D eigenvalue weighted by molar-refractivity contribution is 6.29. The van der Waals surface area contributed by atoms with Gasteiger partial charge in [0.25, 0.3) is 0 Å². The predicted octanol–water partition coefficient (Wildman–Crippen LogP) is 2.15. The monoisotopic (exact) mass is 258 g/mol. The second-order valence-corrected chi connectivity index (χ2v) is 2.85. The third-order valence-corrected chi connectivity index (χ3v) is 1.45. The lowest BCUT2D eigenvalue weighted by molar-refractivity contribution is -0.166. The average molecular weight is 258 g/mol. The summed E-state index contributed by atoms with van der Waals surface area (Å²) >= 11 is 0. The van der Waals surface area contributed by atoms with Crippen LogP contribution in [0.2, 0.25) is 0 Å². The van der Waals surface area contributed by atoms with E-state index in [0.717, 1.165) is 24.3 Å². The van der Waals surface area contributed by atoms with Gasteiger partial charge in [-0.1, -0.05) is 25.3 Å². The highest BCUT2D eigenvalue weighted by Crippen LogP contribution is 2.00. The summed E-state index contributed by atoms with van der Waals surface area (Å²) in [6.07, 6.45) is 4.23. The molecule has 0 radical (unpaired) electrons. The third-order valence-electron chi connectivity index (χ3n) is 1.45. The zero-order valence-electron chi connectivity index (χ0n) is 9.53. The number of halogens is 2. The summed E-state index contributed by atoms with van der Waals surface area (Å²) in [4.78, 5) is 21.9. The molecule has 0 amide bonds. The van der Waals surface area contributed by atoms with Crippen LogP contribution in [0.1, 0.15) is 0 Å². The third kappa shape index (κ3) is 7.10. The van der Waals surface area contributed by atoms with Crippen molar-refractivity contribution >= 4 is 11.9 Å². The van der Waals surface area contributed by atoms with Gasteiger partial charge >= 0.3 is 11.9 Å². The van der Waals surface area contributed by atoms with Gasteiger partial charge in [-0.2, -0.15) is 0 Å². The summed E-state index contributed by atoms with van der Waals surface area (Å²) in [5, 5.41) is 0. The van der Waals surface area contributed by atoms with Crippen molar-refractivity contribution in [1.82, 2.24) is 0 Å². The fourth-order valence-corrected chi connectivity index (χ4v) is 0.739. The van der Waals surface area contributed by atoms with Gasteiger partial charge in [0.15, 0.2) is 0 Å². The van der Waals surface area contributed by atoms with Gasteiger partial charge in [-0.3, -0.25) is 0 Å². The number of carbonyl (C=O) groups is 2. The van der Waals surface area contributed by atoms with Crippen LogP contribution in [-0.4, -0.2) is 25.2 Å². The van der Waals surface area contributed by atoms with Crippen LogP contribution in [0.15, 0.2) is 49.1 Å². The lowest BCUT2D eigenvalue weighted by Gasteiger charge is -2.03. The Morgan fingerprint density at radius 1 is 0.889 bits per heavy atom. The van der Waals surface area contributed by atoms with Gasteiger partial charge in [-0.15, -0.1) is 0 Å². The molecule has 0 aromatic carbocycles. The van der Waals surface area contributed by atoms with Gasteiger partial charge in [0.05, 0.1) is 0 Å². The molecule has 6 heteroatoms. The molecule has 0 aromatic rings. The van der Waals surface area contributed by atoms with E-state index < -0.39 is 36.8 Å². The van der Waals surface area contributed by atoms with Gasteiger partial charge in [0, 0.05) is 0 Å². The van der Waals surface area contributed by atoms with E-state index in [1.807, 2.05) is 0 Å². The van der Waals surface area contributed by atoms with E-state index in [0.29, 0.717) is 0 Å². The smallest absolute Gasteiger partial charge is 0.417 e. The largest absolute Gasteiger partial charge is 0.450 e. The molecule has 18 heavy (non-hydrogen) atoms. The number of rotatable bonds is 6. The number of carbonyl (C=O) groups excluding carboxylic acids is 2. The Labute approximate surface area is 103 Å². The van der Waals surface area contributed by atoms with Crippen LogP contribution in [0.5, 0.6) is 0 Å². The Hall–Kier alpha value is -2.24. The van der Waals surface area contributed by atoms with Crippen molar-refractivity contribution in [1.29, 1.82) is 0 Å². The molecule has 0 aliphatic rings. The van der Waals surface area contributed by atoms with Gasteiger partial charge in [-0.05, 0) is 12.2 Å². The Balaban J connectivity index is 4.08. The molecule has 0 rings (SSSR count). The van der Waals surface area contributed by atoms with E-state index in [-0.39, 0.29) is 0 Å². The predicted molar refractivity (Wildman–Crippen MR) is 60.7 cm³/mol. The van der Waals surface area contributed by atoms with Gasteiger partial charge in [0.2, 0.25) is 0 Å². The number of ether oxygens (including phenoxy) is 2. The summed E-state index contributed by atoms with van der Waals surface area (Å²) < 4.78 is 33.9. The zero-order chi connectivity index (χ0) is 14.0. The lowest BCUT2D eigenvalue weighted by atomic mass is 10.4. The van der Waals surface area contributed by atoms with Crippen LogP contribution in [0.4, 0.5) is 8.78 Å². The zero-order valence-corrected chi connectivity index (χ0v) is 9.53. The molecule has 0 N–H and O–H groups in total. The van der Waals surface area contributed by atoms with Crippen LogP contribution in [0, 0.1) is 0 Å². The van der Waals surface area contributed by atoms with Crippen molar-refractivity contribution in [2.75, 3.05) is 13.2 Å². The molecule has 0 atom stereocenters. The minimum absolute atomic E-state index is 0.717. The van der Waals surface area contributed by atoms with E-state index in [9.17, 15) is 18.4 Å². The number of hydrogen-bond donors (Lipinski definition) is 0. The maximum absolute atomic E-state index is 12.7. The van der Waals surface area contributed by atoms with E-state index in [1.54, 1.807) is 0 Å². The molecule has 0 aliphatic heterocycles. The summed E-state index contributed by atoms with van der Waals surface area (Å²) in [5.74, 6) is -4.39. The minimum atomic E-state index is -1.41. The van der Waals surface area contributed by atoms with Gasteiger partial charge in [0.1, 0.15) is 24.9 Å². The molecule has 4 nitrogen and oxygen atoms in total. The van der Waals surface area contributed by atoms with E-state index >= 15 is 0 Å². The van der Waals surface area contributed by atoms with Crippen LogP contribution >= 0.6 is 0 Å². The quantitative estimate of drug-likeness (QED) is 0.416. The van der Waals surface area contributed by atoms with Crippen LogP contribution in [-0.2, 0) is 19.1 Å². The molecule has 0 fully saturated rings. The van der Waals surface area contributed by atoms with Gasteiger partial charge in [-0.25, -0.2) is 18.4 Å². The van der Waals surface area contributed by atoms with E-state index in [1.165, 1.54) is 0 Å². The van der Waals surface area contributed by atoms with Crippen LogP contribution in [0.3, 0.4) is 0 Å². The molecule has 98 valence electrons. The molecule has 0 aromatic heterocycles. The average Bonchev–Trinajstić information content (AvgIpc) is 2.33. The molecule has 0 spiro atoms. The maximum atomic E-state index is 12.7. The Kier molecular flexibility index (Phi) is 7.76.